The minimum atomic E-state index is 0.231. The number of piperazine rings is 1. The predicted molar refractivity (Wildman–Crippen MR) is 83.1 cm³/mol. The predicted octanol–water partition coefficient (Wildman–Crippen LogP) is 3.72. The highest BCUT2D eigenvalue weighted by Crippen LogP contribution is 2.29. The average Bonchev–Trinajstić information content (AvgIpc) is 2.67. The number of nitrogens with zero attached hydrogens (tertiary/aromatic N) is 1. The van der Waals surface area contributed by atoms with Crippen LogP contribution in [0.4, 0.5) is 0 Å². The zero-order valence-corrected chi connectivity index (χ0v) is 14.1. The van der Waals surface area contributed by atoms with Crippen LogP contribution >= 0.6 is 27.3 Å². The third kappa shape index (κ3) is 3.16. The van der Waals surface area contributed by atoms with E-state index in [-0.39, 0.29) is 5.54 Å². The molecule has 0 radical (unpaired) electrons. The van der Waals surface area contributed by atoms with Crippen LogP contribution in [0.2, 0.25) is 0 Å². The molecule has 0 bridgehead atoms. The Hall–Kier alpha value is 0.1000. The summed E-state index contributed by atoms with van der Waals surface area (Å²) in [5, 5.41) is 5.84. The number of thiophene rings is 1. The highest BCUT2D eigenvalue weighted by molar-refractivity contribution is 9.10. The van der Waals surface area contributed by atoms with Gasteiger partial charge in [0.2, 0.25) is 0 Å². The summed E-state index contributed by atoms with van der Waals surface area (Å²) in [5.74, 6) is 0.690. The highest BCUT2D eigenvalue weighted by atomic mass is 79.9. The van der Waals surface area contributed by atoms with Crippen molar-refractivity contribution >= 4 is 27.3 Å². The van der Waals surface area contributed by atoms with Crippen molar-refractivity contribution in [1.82, 2.24) is 10.2 Å². The number of halogens is 1. The minimum Gasteiger partial charge on any atom is -0.311 e. The molecule has 1 N–H and O–H groups in total. The van der Waals surface area contributed by atoms with Gasteiger partial charge in [0.05, 0.1) is 0 Å². The van der Waals surface area contributed by atoms with Crippen LogP contribution < -0.4 is 5.32 Å². The summed E-state index contributed by atoms with van der Waals surface area (Å²) >= 11 is 5.49. The second kappa shape index (κ2) is 5.61. The topological polar surface area (TPSA) is 15.3 Å². The van der Waals surface area contributed by atoms with E-state index in [9.17, 15) is 0 Å². The maximum Gasteiger partial charge on any atom is 0.0345 e. The Morgan fingerprint density at radius 1 is 1.56 bits per heavy atom. The maximum atomic E-state index is 3.68. The minimum absolute atomic E-state index is 0.231. The standard InChI is InChI=1S/C14H23BrN2S/c1-10(2)12-7-17(14(3,4)9-16-12)8-13-11(15)5-6-18-13/h5-6,10,12,16H,7-9H2,1-4H3. The number of hydrogen-bond acceptors (Lipinski definition) is 3. The normalized spacial score (nSPS) is 24.7. The molecule has 0 spiro atoms. The Labute approximate surface area is 123 Å². The fraction of sp³-hybridized carbons (Fsp3) is 0.714. The van der Waals surface area contributed by atoms with Gasteiger partial charge in [-0.25, -0.2) is 0 Å². The lowest BCUT2D eigenvalue weighted by Crippen LogP contribution is -2.62. The maximum absolute atomic E-state index is 3.68. The highest BCUT2D eigenvalue weighted by Gasteiger charge is 2.35. The molecule has 2 heterocycles. The summed E-state index contributed by atoms with van der Waals surface area (Å²) in [6.07, 6.45) is 0. The van der Waals surface area contributed by atoms with Crippen LogP contribution in [0.15, 0.2) is 15.9 Å². The van der Waals surface area contributed by atoms with Gasteiger partial charge in [0.15, 0.2) is 0 Å². The van der Waals surface area contributed by atoms with Gasteiger partial charge in [-0.05, 0) is 47.1 Å². The lowest BCUT2D eigenvalue weighted by molar-refractivity contribution is 0.0482. The van der Waals surface area contributed by atoms with Gasteiger partial charge < -0.3 is 5.32 Å². The molecule has 1 saturated heterocycles. The number of rotatable bonds is 3. The molecule has 4 heteroatoms. The zero-order chi connectivity index (χ0) is 13.3. The first kappa shape index (κ1) is 14.5. The van der Waals surface area contributed by atoms with E-state index in [2.05, 4.69) is 65.3 Å². The first-order chi connectivity index (χ1) is 8.40. The first-order valence-corrected chi connectivity index (χ1v) is 8.28. The third-order valence-corrected chi connectivity index (χ3v) is 5.81. The Morgan fingerprint density at radius 3 is 2.83 bits per heavy atom. The summed E-state index contributed by atoms with van der Waals surface area (Å²) < 4.78 is 1.25. The van der Waals surface area contributed by atoms with E-state index in [1.165, 1.54) is 9.35 Å². The number of nitrogens with one attached hydrogen (secondary N) is 1. The molecule has 1 aromatic rings. The summed E-state index contributed by atoms with van der Waals surface area (Å²) in [5.41, 5.74) is 0.231. The summed E-state index contributed by atoms with van der Waals surface area (Å²) in [4.78, 5) is 4.05. The average molecular weight is 331 g/mol. The van der Waals surface area contributed by atoms with Crippen molar-refractivity contribution in [2.24, 2.45) is 5.92 Å². The molecule has 18 heavy (non-hydrogen) atoms. The van der Waals surface area contributed by atoms with Crippen LogP contribution in [0, 0.1) is 5.92 Å². The second-order valence-corrected chi connectivity index (χ2v) is 7.97. The molecule has 1 aromatic heterocycles. The van der Waals surface area contributed by atoms with Gasteiger partial charge in [-0.2, -0.15) is 0 Å². The van der Waals surface area contributed by atoms with Crippen molar-refractivity contribution in [3.05, 3.63) is 20.8 Å². The van der Waals surface area contributed by atoms with Crippen molar-refractivity contribution in [3.8, 4) is 0 Å². The van der Waals surface area contributed by atoms with E-state index in [1.807, 2.05) is 11.3 Å². The lowest BCUT2D eigenvalue weighted by Gasteiger charge is -2.47. The molecule has 0 aliphatic carbocycles. The summed E-state index contributed by atoms with van der Waals surface area (Å²) in [6, 6.07) is 2.76. The van der Waals surface area contributed by atoms with Crippen LogP contribution in [-0.4, -0.2) is 29.6 Å². The van der Waals surface area contributed by atoms with Crippen molar-refractivity contribution in [3.63, 3.8) is 0 Å². The van der Waals surface area contributed by atoms with E-state index < -0.39 is 0 Å². The van der Waals surface area contributed by atoms with Crippen LogP contribution in [0.5, 0.6) is 0 Å². The molecular formula is C14H23BrN2S. The van der Waals surface area contributed by atoms with Gasteiger partial charge >= 0.3 is 0 Å². The van der Waals surface area contributed by atoms with E-state index in [1.54, 1.807) is 0 Å². The molecule has 2 nitrogen and oxygen atoms in total. The van der Waals surface area contributed by atoms with Crippen molar-refractivity contribution in [2.75, 3.05) is 13.1 Å². The molecule has 0 amide bonds. The van der Waals surface area contributed by atoms with Gasteiger partial charge in [0, 0.05) is 40.6 Å². The lowest BCUT2D eigenvalue weighted by atomic mass is 9.93. The van der Waals surface area contributed by atoms with Crippen LogP contribution in [0.3, 0.4) is 0 Å². The number of hydrogen-bond donors (Lipinski definition) is 1. The Bertz CT molecular complexity index is 400. The van der Waals surface area contributed by atoms with E-state index in [0.29, 0.717) is 12.0 Å². The Balaban J connectivity index is 2.10. The molecule has 102 valence electrons. The molecule has 1 atom stereocenters. The van der Waals surface area contributed by atoms with Gasteiger partial charge in [-0.1, -0.05) is 13.8 Å². The second-order valence-electron chi connectivity index (χ2n) is 6.12. The molecule has 1 aliphatic rings. The molecule has 0 saturated carbocycles. The van der Waals surface area contributed by atoms with Crippen LogP contribution in [0.1, 0.15) is 32.6 Å². The van der Waals surface area contributed by atoms with Crippen LogP contribution in [0.25, 0.3) is 0 Å². The quantitative estimate of drug-likeness (QED) is 0.908. The van der Waals surface area contributed by atoms with Gasteiger partial charge in [0.25, 0.3) is 0 Å². The van der Waals surface area contributed by atoms with E-state index in [0.717, 1.165) is 19.6 Å². The Kier molecular flexibility index (Phi) is 4.52. The van der Waals surface area contributed by atoms with Gasteiger partial charge in [-0.3, -0.25) is 4.90 Å². The Morgan fingerprint density at radius 2 is 2.28 bits per heavy atom. The largest absolute Gasteiger partial charge is 0.311 e. The summed E-state index contributed by atoms with van der Waals surface area (Å²) in [7, 11) is 0. The zero-order valence-electron chi connectivity index (χ0n) is 11.7. The molecule has 0 aromatic carbocycles. The smallest absolute Gasteiger partial charge is 0.0345 e. The monoisotopic (exact) mass is 330 g/mol. The van der Waals surface area contributed by atoms with Crippen LogP contribution in [-0.2, 0) is 6.54 Å². The molecule has 2 rings (SSSR count). The van der Waals surface area contributed by atoms with Crippen molar-refractivity contribution in [2.45, 2.75) is 45.8 Å². The van der Waals surface area contributed by atoms with Crippen molar-refractivity contribution < 1.29 is 0 Å². The SMILES string of the molecule is CC(C)C1CN(Cc2sccc2Br)C(C)(C)CN1. The van der Waals surface area contributed by atoms with Gasteiger partial charge in [0.1, 0.15) is 0 Å². The summed E-state index contributed by atoms with van der Waals surface area (Å²) in [6.45, 7) is 12.5. The molecule has 1 aliphatic heterocycles. The fourth-order valence-electron chi connectivity index (χ4n) is 2.38. The van der Waals surface area contributed by atoms with E-state index in [4.69, 9.17) is 0 Å². The third-order valence-electron chi connectivity index (χ3n) is 3.90. The van der Waals surface area contributed by atoms with Gasteiger partial charge in [-0.15, -0.1) is 11.3 Å². The molecular weight excluding hydrogens is 308 g/mol. The van der Waals surface area contributed by atoms with E-state index >= 15 is 0 Å². The van der Waals surface area contributed by atoms with Crippen molar-refractivity contribution in [1.29, 1.82) is 0 Å². The first-order valence-electron chi connectivity index (χ1n) is 6.60. The molecule has 1 unspecified atom stereocenters. The molecule has 1 fully saturated rings. The fourth-order valence-corrected chi connectivity index (χ4v) is 3.87.